The quantitative estimate of drug-likeness (QED) is 0.600. The fraction of sp³-hybridized carbons (Fsp3) is 0. The van der Waals surface area contributed by atoms with Crippen LogP contribution < -0.4 is 0 Å². The number of rotatable bonds is 0. The van der Waals surface area contributed by atoms with Gasteiger partial charge in [-0.3, -0.25) is 0 Å². The van der Waals surface area contributed by atoms with Crippen molar-refractivity contribution in [3.05, 3.63) is 27.7 Å². The Labute approximate surface area is 65.0 Å². The molecule has 0 spiro atoms. The normalized spacial score (nSPS) is 9.67. The fourth-order valence-electron chi connectivity index (χ4n) is 0.395. The molecule has 0 amide bonds. The van der Waals surface area contributed by atoms with Crippen LogP contribution in [0.4, 0.5) is 4.39 Å². The van der Waals surface area contributed by atoms with E-state index in [0.29, 0.717) is 0 Å². The minimum Gasteiger partial charge on any atom is -0.226 e. The first-order chi connectivity index (χ1) is 4.20. The molecule has 48 valence electrons. The van der Waals surface area contributed by atoms with Crippen LogP contribution >= 0.6 is 27.5 Å². The van der Waals surface area contributed by atoms with Crippen molar-refractivity contribution in [2.75, 3.05) is 0 Å². The van der Waals surface area contributed by atoms with Crippen LogP contribution in [0.1, 0.15) is 0 Å². The molecule has 0 unspecified atom stereocenters. The Morgan fingerprint density at radius 3 is 2.67 bits per heavy atom. The lowest BCUT2D eigenvalue weighted by Crippen LogP contribution is -1.80. The molecule has 1 nitrogen and oxygen atoms in total. The second kappa shape index (κ2) is 2.62. The molecular weight excluding hydrogens is 208 g/mol. The van der Waals surface area contributed by atoms with Crippen molar-refractivity contribution in [2.24, 2.45) is 0 Å². The summed E-state index contributed by atoms with van der Waals surface area (Å²) in [4.78, 5) is 3.58. The van der Waals surface area contributed by atoms with Crippen molar-refractivity contribution in [3.63, 3.8) is 0 Å². The second-order valence-corrected chi connectivity index (χ2v) is 2.54. The van der Waals surface area contributed by atoms with Crippen LogP contribution in [0, 0.1) is 5.82 Å². The minimum absolute atomic E-state index is 0.148. The van der Waals surface area contributed by atoms with Gasteiger partial charge in [0.2, 0.25) is 0 Å². The van der Waals surface area contributed by atoms with Crippen LogP contribution in [0.3, 0.4) is 0 Å². The lowest BCUT2D eigenvalue weighted by molar-refractivity contribution is 0.613. The van der Waals surface area contributed by atoms with Gasteiger partial charge in [0.05, 0.1) is 0 Å². The first-order valence-corrected chi connectivity index (χ1v) is 3.35. The summed E-state index contributed by atoms with van der Waals surface area (Å²) < 4.78 is 12.5. The zero-order chi connectivity index (χ0) is 6.85. The van der Waals surface area contributed by atoms with Gasteiger partial charge in [-0.15, -0.1) is 0 Å². The van der Waals surface area contributed by atoms with E-state index in [-0.39, 0.29) is 9.76 Å². The van der Waals surface area contributed by atoms with Crippen molar-refractivity contribution in [2.45, 2.75) is 0 Å². The predicted molar refractivity (Wildman–Crippen MR) is 36.9 cm³/mol. The van der Waals surface area contributed by atoms with Gasteiger partial charge in [0, 0.05) is 0 Å². The molecule has 0 aliphatic heterocycles. The maximum Gasteiger partial charge on any atom is 0.156 e. The van der Waals surface area contributed by atoms with E-state index in [2.05, 4.69) is 20.9 Å². The number of aromatic nitrogens is 1. The number of hydrogen-bond acceptors (Lipinski definition) is 1. The molecule has 0 atom stereocenters. The summed E-state index contributed by atoms with van der Waals surface area (Å²) in [5, 5.41) is 0.281. The average molecular weight is 210 g/mol. The van der Waals surface area contributed by atoms with E-state index < -0.39 is 5.82 Å². The van der Waals surface area contributed by atoms with Crippen LogP contribution in [-0.4, -0.2) is 4.98 Å². The van der Waals surface area contributed by atoms with Gasteiger partial charge in [0.25, 0.3) is 0 Å². The molecular formula is C5H2BrClFN. The van der Waals surface area contributed by atoms with Crippen LogP contribution in [0.2, 0.25) is 5.15 Å². The first-order valence-electron chi connectivity index (χ1n) is 2.17. The largest absolute Gasteiger partial charge is 0.226 e. The Balaban J connectivity index is 3.17. The first kappa shape index (κ1) is 6.96. The highest BCUT2D eigenvalue weighted by molar-refractivity contribution is 9.10. The molecule has 0 aliphatic rings. The van der Waals surface area contributed by atoms with E-state index in [1.54, 1.807) is 0 Å². The predicted octanol–water partition coefficient (Wildman–Crippen LogP) is 2.64. The minimum atomic E-state index is -0.403. The molecule has 0 fully saturated rings. The molecule has 9 heavy (non-hydrogen) atoms. The third-order valence-electron chi connectivity index (χ3n) is 0.769. The van der Waals surface area contributed by atoms with Crippen molar-refractivity contribution >= 4 is 27.5 Å². The Morgan fingerprint density at radius 1 is 1.56 bits per heavy atom. The summed E-state index contributed by atoms with van der Waals surface area (Å²) in [7, 11) is 0. The molecule has 0 aliphatic carbocycles. The van der Waals surface area contributed by atoms with Crippen LogP contribution in [-0.2, 0) is 0 Å². The molecule has 0 N–H and O–H groups in total. The molecule has 0 bridgehead atoms. The van der Waals surface area contributed by atoms with E-state index in [1.165, 1.54) is 12.1 Å². The van der Waals surface area contributed by atoms with E-state index in [0.717, 1.165) is 0 Å². The van der Waals surface area contributed by atoms with Gasteiger partial charge in [-0.05, 0) is 28.1 Å². The molecule has 1 heterocycles. The Kier molecular flexibility index (Phi) is 2.03. The zero-order valence-corrected chi connectivity index (χ0v) is 6.58. The summed E-state index contributed by atoms with van der Waals surface area (Å²) in [6, 6.07) is 2.64. The number of hydrogen-bond donors (Lipinski definition) is 0. The number of pyridine rings is 1. The smallest absolute Gasteiger partial charge is 0.156 e. The lowest BCUT2D eigenvalue weighted by atomic mass is 10.5. The Morgan fingerprint density at radius 2 is 2.22 bits per heavy atom. The van der Waals surface area contributed by atoms with Crippen LogP contribution in [0.5, 0.6) is 0 Å². The van der Waals surface area contributed by atoms with E-state index in [4.69, 9.17) is 11.6 Å². The summed E-state index contributed by atoms with van der Waals surface area (Å²) in [5.41, 5.74) is 0. The van der Waals surface area contributed by atoms with Crippen molar-refractivity contribution in [1.82, 2.24) is 4.98 Å². The van der Waals surface area contributed by atoms with Gasteiger partial charge in [0.15, 0.2) is 5.82 Å². The topological polar surface area (TPSA) is 12.9 Å². The molecule has 4 heteroatoms. The molecule has 1 rings (SSSR count). The standard InChI is InChI=1S/C5H2BrClFN/c6-5-3(8)1-2-4(7)9-5/h1-2H. The SMILES string of the molecule is Fc1ccc(Cl)nc1Br. The fourth-order valence-corrected chi connectivity index (χ4v) is 0.968. The van der Waals surface area contributed by atoms with Gasteiger partial charge in [-0.1, -0.05) is 11.6 Å². The van der Waals surface area contributed by atoms with Crippen molar-refractivity contribution in [3.8, 4) is 0 Å². The highest BCUT2D eigenvalue weighted by atomic mass is 79.9. The van der Waals surface area contributed by atoms with Crippen LogP contribution in [0.25, 0.3) is 0 Å². The third-order valence-corrected chi connectivity index (χ3v) is 1.54. The lowest BCUT2D eigenvalue weighted by Gasteiger charge is -1.90. The maximum atomic E-state index is 12.3. The van der Waals surface area contributed by atoms with Crippen LogP contribution in [0.15, 0.2) is 16.7 Å². The monoisotopic (exact) mass is 209 g/mol. The Hall–Kier alpha value is -0.150. The van der Waals surface area contributed by atoms with Crippen molar-refractivity contribution in [1.29, 1.82) is 0 Å². The van der Waals surface area contributed by atoms with Gasteiger partial charge in [-0.2, -0.15) is 0 Å². The van der Waals surface area contributed by atoms with E-state index >= 15 is 0 Å². The highest BCUT2D eigenvalue weighted by Gasteiger charge is 1.98. The summed E-state index contributed by atoms with van der Waals surface area (Å²) in [6.45, 7) is 0. The molecule has 0 saturated heterocycles. The van der Waals surface area contributed by atoms with E-state index in [9.17, 15) is 4.39 Å². The summed E-state index contributed by atoms with van der Waals surface area (Å²) >= 11 is 8.28. The molecule has 0 aromatic carbocycles. The molecule has 1 aromatic rings. The van der Waals surface area contributed by atoms with Gasteiger partial charge < -0.3 is 0 Å². The van der Waals surface area contributed by atoms with E-state index in [1.807, 2.05) is 0 Å². The number of nitrogens with zero attached hydrogens (tertiary/aromatic N) is 1. The van der Waals surface area contributed by atoms with Gasteiger partial charge in [-0.25, -0.2) is 9.37 Å². The maximum absolute atomic E-state index is 12.3. The third kappa shape index (κ3) is 1.63. The number of halogens is 3. The van der Waals surface area contributed by atoms with Gasteiger partial charge in [0.1, 0.15) is 9.76 Å². The zero-order valence-electron chi connectivity index (χ0n) is 4.24. The molecule has 0 radical (unpaired) electrons. The average Bonchev–Trinajstić information content (AvgIpc) is 1.80. The molecule has 1 aromatic heterocycles. The second-order valence-electron chi connectivity index (χ2n) is 1.41. The highest BCUT2D eigenvalue weighted by Crippen LogP contribution is 2.14. The Bertz CT molecular complexity index is 228. The molecule has 0 saturated carbocycles. The summed E-state index contributed by atoms with van der Waals surface area (Å²) in [5.74, 6) is -0.403. The van der Waals surface area contributed by atoms with Gasteiger partial charge >= 0.3 is 0 Å². The summed E-state index contributed by atoms with van der Waals surface area (Å²) in [6.07, 6.45) is 0. The van der Waals surface area contributed by atoms with Crippen molar-refractivity contribution < 1.29 is 4.39 Å².